The van der Waals surface area contributed by atoms with E-state index in [1.165, 1.54) is 19.2 Å². The normalized spacial score (nSPS) is 16.7. The number of anilines is 1. The van der Waals surface area contributed by atoms with Gasteiger partial charge in [0.1, 0.15) is 11.9 Å². The molecule has 1 N–H and O–H groups in total. The second kappa shape index (κ2) is 7.85. The summed E-state index contributed by atoms with van der Waals surface area (Å²) in [7, 11) is 1.32. The first-order chi connectivity index (χ1) is 12.5. The second-order valence-corrected chi connectivity index (χ2v) is 6.53. The average molecular weight is 377 g/mol. The van der Waals surface area contributed by atoms with Gasteiger partial charge in [-0.3, -0.25) is 14.5 Å². The van der Waals surface area contributed by atoms with Crippen molar-refractivity contribution in [1.29, 1.82) is 0 Å². The molecule has 0 spiro atoms. The van der Waals surface area contributed by atoms with Crippen LogP contribution >= 0.6 is 11.6 Å². The third-order valence-corrected chi connectivity index (χ3v) is 4.61. The minimum absolute atomic E-state index is 0.0476. The Morgan fingerprint density at radius 2 is 2.00 bits per heavy atom. The van der Waals surface area contributed by atoms with Gasteiger partial charge in [0.15, 0.2) is 0 Å². The standard InChI is InChI=1S/C19H18ClFN2O3/c1-26-19(25)17-8-12-4-2-3-5-13(12)10-23(17)11-18(24)22-16-7-6-14(20)9-15(16)21/h2-7,9,17H,8,10-11H2,1H3,(H,22,24)/t17-/m1/s1. The number of methoxy groups -OCH3 is 1. The number of esters is 1. The molecule has 2 aromatic carbocycles. The molecule has 0 aliphatic carbocycles. The van der Waals surface area contributed by atoms with Gasteiger partial charge in [-0.15, -0.1) is 0 Å². The fourth-order valence-corrected chi connectivity index (χ4v) is 3.24. The van der Waals surface area contributed by atoms with Crippen molar-refractivity contribution >= 4 is 29.2 Å². The number of nitrogens with one attached hydrogen (secondary N) is 1. The second-order valence-electron chi connectivity index (χ2n) is 6.09. The highest BCUT2D eigenvalue weighted by Gasteiger charge is 2.33. The molecule has 7 heteroatoms. The van der Waals surface area contributed by atoms with Gasteiger partial charge in [-0.2, -0.15) is 0 Å². The number of halogens is 2. The van der Waals surface area contributed by atoms with E-state index in [0.717, 1.165) is 17.2 Å². The van der Waals surface area contributed by atoms with Crippen LogP contribution in [0.25, 0.3) is 0 Å². The molecule has 0 saturated carbocycles. The lowest BCUT2D eigenvalue weighted by Crippen LogP contribution is -2.49. The van der Waals surface area contributed by atoms with Crippen molar-refractivity contribution in [1.82, 2.24) is 4.90 Å². The van der Waals surface area contributed by atoms with Gasteiger partial charge in [-0.05, 0) is 35.7 Å². The Morgan fingerprint density at radius 1 is 1.27 bits per heavy atom. The molecule has 136 valence electrons. The third kappa shape index (κ3) is 4.03. The molecule has 0 unspecified atom stereocenters. The predicted molar refractivity (Wildman–Crippen MR) is 96.4 cm³/mol. The van der Waals surface area contributed by atoms with E-state index in [0.29, 0.717) is 13.0 Å². The summed E-state index contributed by atoms with van der Waals surface area (Å²) in [5, 5.41) is 2.77. The van der Waals surface area contributed by atoms with Crippen molar-refractivity contribution < 1.29 is 18.7 Å². The monoisotopic (exact) mass is 376 g/mol. The van der Waals surface area contributed by atoms with Crippen LogP contribution in [-0.2, 0) is 27.3 Å². The number of benzene rings is 2. The van der Waals surface area contributed by atoms with Crippen LogP contribution in [0.4, 0.5) is 10.1 Å². The third-order valence-electron chi connectivity index (χ3n) is 4.37. The Hall–Kier alpha value is -2.44. The maximum absolute atomic E-state index is 13.9. The SMILES string of the molecule is COC(=O)[C@H]1Cc2ccccc2CN1CC(=O)Nc1ccc(Cl)cc1F. The first-order valence-electron chi connectivity index (χ1n) is 8.11. The van der Waals surface area contributed by atoms with Crippen LogP contribution in [-0.4, -0.2) is 36.5 Å². The fourth-order valence-electron chi connectivity index (χ4n) is 3.08. The van der Waals surface area contributed by atoms with Gasteiger partial charge >= 0.3 is 5.97 Å². The first kappa shape index (κ1) is 18.4. The molecule has 0 fully saturated rings. The van der Waals surface area contributed by atoms with Crippen LogP contribution < -0.4 is 5.32 Å². The minimum Gasteiger partial charge on any atom is -0.468 e. The number of carbonyl (C=O) groups excluding carboxylic acids is 2. The number of rotatable bonds is 4. The summed E-state index contributed by atoms with van der Waals surface area (Å²) in [5.41, 5.74) is 2.16. The van der Waals surface area contributed by atoms with Gasteiger partial charge in [-0.25, -0.2) is 4.39 Å². The van der Waals surface area contributed by atoms with E-state index in [1.807, 2.05) is 24.3 Å². The fraction of sp³-hybridized carbons (Fsp3) is 0.263. The van der Waals surface area contributed by atoms with Crippen LogP contribution in [0.2, 0.25) is 5.02 Å². The number of hydrogen-bond acceptors (Lipinski definition) is 4. The highest BCUT2D eigenvalue weighted by molar-refractivity contribution is 6.30. The molecule has 0 aromatic heterocycles. The van der Waals surface area contributed by atoms with Crippen LogP contribution in [0.3, 0.4) is 0 Å². The van der Waals surface area contributed by atoms with Crippen molar-refractivity contribution in [2.75, 3.05) is 19.0 Å². The number of ether oxygens (including phenoxy) is 1. The summed E-state index contributed by atoms with van der Waals surface area (Å²) in [6.07, 6.45) is 0.464. The highest BCUT2D eigenvalue weighted by atomic mass is 35.5. The van der Waals surface area contributed by atoms with Crippen molar-refractivity contribution in [2.24, 2.45) is 0 Å². The lowest BCUT2D eigenvalue weighted by molar-refractivity contribution is -0.148. The van der Waals surface area contributed by atoms with Gasteiger partial charge in [0.25, 0.3) is 0 Å². The summed E-state index contributed by atoms with van der Waals surface area (Å²) in [6.45, 7) is 0.378. The van der Waals surface area contributed by atoms with Crippen molar-refractivity contribution in [3.8, 4) is 0 Å². The van der Waals surface area contributed by atoms with E-state index in [9.17, 15) is 14.0 Å². The smallest absolute Gasteiger partial charge is 0.323 e. The van der Waals surface area contributed by atoms with Crippen LogP contribution in [0.5, 0.6) is 0 Å². The van der Waals surface area contributed by atoms with E-state index in [-0.39, 0.29) is 17.3 Å². The molecule has 1 aliphatic heterocycles. The van der Waals surface area contributed by atoms with E-state index in [2.05, 4.69) is 5.32 Å². The lowest BCUT2D eigenvalue weighted by Gasteiger charge is -2.34. The quantitative estimate of drug-likeness (QED) is 0.833. The maximum atomic E-state index is 13.9. The molecule has 0 radical (unpaired) electrons. The molecule has 0 bridgehead atoms. The molecule has 1 atom stereocenters. The van der Waals surface area contributed by atoms with Gasteiger partial charge in [0.05, 0.1) is 19.3 Å². The highest BCUT2D eigenvalue weighted by Crippen LogP contribution is 2.24. The van der Waals surface area contributed by atoms with E-state index < -0.39 is 23.7 Å². The van der Waals surface area contributed by atoms with Gasteiger partial charge in [0, 0.05) is 11.6 Å². The largest absolute Gasteiger partial charge is 0.468 e. The number of fused-ring (bicyclic) bond motifs is 1. The zero-order chi connectivity index (χ0) is 18.7. The van der Waals surface area contributed by atoms with Crippen molar-refractivity contribution in [3.63, 3.8) is 0 Å². The molecular formula is C19H18ClFN2O3. The zero-order valence-electron chi connectivity index (χ0n) is 14.2. The van der Waals surface area contributed by atoms with E-state index in [4.69, 9.17) is 16.3 Å². The molecule has 26 heavy (non-hydrogen) atoms. The Bertz CT molecular complexity index is 843. The van der Waals surface area contributed by atoms with Gasteiger partial charge < -0.3 is 10.1 Å². The summed E-state index contributed by atoms with van der Waals surface area (Å²) in [5.74, 6) is -1.43. The first-order valence-corrected chi connectivity index (χ1v) is 8.49. The van der Waals surface area contributed by atoms with Gasteiger partial charge in [0.2, 0.25) is 5.91 Å². The number of nitrogens with zero attached hydrogens (tertiary/aromatic N) is 1. The van der Waals surface area contributed by atoms with Gasteiger partial charge in [-0.1, -0.05) is 35.9 Å². The number of carbonyl (C=O) groups is 2. The Balaban J connectivity index is 1.75. The Kier molecular flexibility index (Phi) is 5.54. The van der Waals surface area contributed by atoms with Crippen molar-refractivity contribution in [3.05, 3.63) is 64.4 Å². The summed E-state index contributed by atoms with van der Waals surface area (Å²) < 4.78 is 18.7. The molecule has 1 aliphatic rings. The molecule has 3 rings (SSSR count). The molecule has 5 nitrogen and oxygen atoms in total. The topological polar surface area (TPSA) is 58.6 Å². The number of hydrogen-bond donors (Lipinski definition) is 1. The van der Waals surface area contributed by atoms with Crippen LogP contribution in [0, 0.1) is 5.82 Å². The average Bonchev–Trinajstić information content (AvgIpc) is 2.63. The molecule has 2 aromatic rings. The molecule has 0 saturated heterocycles. The summed E-state index contributed by atoms with van der Waals surface area (Å²) >= 11 is 5.71. The Morgan fingerprint density at radius 3 is 2.69 bits per heavy atom. The van der Waals surface area contributed by atoms with Crippen LogP contribution in [0.1, 0.15) is 11.1 Å². The van der Waals surface area contributed by atoms with E-state index in [1.54, 1.807) is 4.90 Å². The molecule has 1 amide bonds. The van der Waals surface area contributed by atoms with E-state index >= 15 is 0 Å². The predicted octanol–water partition coefficient (Wildman–Crippen LogP) is 3.02. The molecular weight excluding hydrogens is 359 g/mol. The van der Waals surface area contributed by atoms with Crippen LogP contribution in [0.15, 0.2) is 42.5 Å². The lowest BCUT2D eigenvalue weighted by atomic mass is 9.94. The zero-order valence-corrected chi connectivity index (χ0v) is 14.9. The summed E-state index contributed by atoms with van der Waals surface area (Å²) in [6, 6.07) is 11.2. The van der Waals surface area contributed by atoms with Crippen molar-refractivity contribution in [2.45, 2.75) is 19.0 Å². The maximum Gasteiger partial charge on any atom is 0.323 e. The minimum atomic E-state index is -0.612. The Labute approximate surface area is 155 Å². The number of amides is 1. The summed E-state index contributed by atoms with van der Waals surface area (Å²) in [4.78, 5) is 26.3. The molecule has 1 heterocycles.